The van der Waals surface area contributed by atoms with Gasteiger partial charge in [0, 0.05) is 35.7 Å². The van der Waals surface area contributed by atoms with Gasteiger partial charge in [0.25, 0.3) is 3.91 Å². The van der Waals surface area contributed by atoms with Crippen LogP contribution in [0.15, 0.2) is 0 Å². The van der Waals surface area contributed by atoms with Gasteiger partial charge in [-0.05, 0) is 18.8 Å². The smallest absolute Gasteiger partial charge is 0.283 e. The Morgan fingerprint density at radius 2 is 2.00 bits per heavy atom. The standard InChI is InChI=1S/C7H12INO/c1-6-2-4-9(5-3-6)7(8)10/h6H,2-5H2,1H3. The molecule has 1 fully saturated rings. The highest BCUT2D eigenvalue weighted by Crippen LogP contribution is 2.17. The molecule has 0 spiro atoms. The van der Waals surface area contributed by atoms with Crippen molar-refractivity contribution < 1.29 is 4.79 Å². The summed E-state index contributed by atoms with van der Waals surface area (Å²) in [4.78, 5) is 12.7. The van der Waals surface area contributed by atoms with Gasteiger partial charge in [-0.3, -0.25) is 4.79 Å². The molecule has 10 heavy (non-hydrogen) atoms. The number of halogens is 1. The first-order chi connectivity index (χ1) is 4.70. The Labute approximate surface area is 75.1 Å². The Morgan fingerprint density at radius 3 is 2.40 bits per heavy atom. The van der Waals surface area contributed by atoms with Gasteiger partial charge in [0.15, 0.2) is 0 Å². The average Bonchev–Trinajstić information content (AvgIpc) is 1.88. The van der Waals surface area contributed by atoms with Gasteiger partial charge in [-0.2, -0.15) is 0 Å². The van der Waals surface area contributed by atoms with Gasteiger partial charge in [0.1, 0.15) is 0 Å². The Bertz CT molecular complexity index is 130. The van der Waals surface area contributed by atoms with Crippen LogP contribution in [0, 0.1) is 5.92 Å². The molecule has 0 aliphatic carbocycles. The molecule has 1 rings (SSSR count). The normalized spacial score (nSPS) is 21.2. The van der Waals surface area contributed by atoms with Crippen LogP contribution in [-0.2, 0) is 0 Å². The van der Waals surface area contributed by atoms with Gasteiger partial charge in [-0.25, -0.2) is 0 Å². The van der Waals surface area contributed by atoms with E-state index in [4.69, 9.17) is 0 Å². The Kier molecular flexibility index (Phi) is 2.95. The molecule has 0 aromatic carbocycles. The van der Waals surface area contributed by atoms with Gasteiger partial charge < -0.3 is 4.90 Å². The summed E-state index contributed by atoms with van der Waals surface area (Å²) in [5, 5.41) is 0. The first-order valence-electron chi connectivity index (χ1n) is 3.64. The molecule has 0 radical (unpaired) electrons. The van der Waals surface area contributed by atoms with Gasteiger partial charge >= 0.3 is 0 Å². The van der Waals surface area contributed by atoms with Crippen LogP contribution < -0.4 is 0 Å². The molecule has 1 saturated heterocycles. The first-order valence-corrected chi connectivity index (χ1v) is 4.72. The summed E-state index contributed by atoms with van der Waals surface area (Å²) in [6.07, 6.45) is 2.35. The largest absolute Gasteiger partial charge is 0.334 e. The molecule has 1 aliphatic rings. The van der Waals surface area contributed by atoms with E-state index in [0.717, 1.165) is 19.0 Å². The van der Waals surface area contributed by atoms with E-state index in [1.807, 2.05) is 27.5 Å². The van der Waals surface area contributed by atoms with Crippen LogP contribution >= 0.6 is 22.6 Å². The highest BCUT2D eigenvalue weighted by Gasteiger charge is 2.17. The molecule has 1 amide bonds. The number of rotatable bonds is 0. The van der Waals surface area contributed by atoms with E-state index >= 15 is 0 Å². The maximum Gasteiger partial charge on any atom is 0.283 e. The third kappa shape index (κ3) is 2.11. The van der Waals surface area contributed by atoms with Crippen molar-refractivity contribution in [1.82, 2.24) is 4.90 Å². The number of piperidine rings is 1. The molecule has 0 unspecified atom stereocenters. The summed E-state index contributed by atoms with van der Waals surface area (Å²) in [7, 11) is 0. The second kappa shape index (κ2) is 3.55. The zero-order valence-electron chi connectivity index (χ0n) is 6.14. The Hall–Kier alpha value is 0.200. The summed E-state index contributed by atoms with van der Waals surface area (Å²) < 4.78 is 0.199. The minimum atomic E-state index is 0.199. The van der Waals surface area contributed by atoms with Crippen LogP contribution in [0.2, 0.25) is 0 Å². The third-order valence-corrected chi connectivity index (χ3v) is 2.71. The van der Waals surface area contributed by atoms with Gasteiger partial charge in [0.05, 0.1) is 0 Å². The minimum absolute atomic E-state index is 0.199. The average molecular weight is 253 g/mol. The maximum absolute atomic E-state index is 10.8. The number of likely N-dealkylation sites (tertiary alicyclic amines) is 1. The second-order valence-electron chi connectivity index (χ2n) is 2.92. The molecular weight excluding hydrogens is 241 g/mol. The molecule has 3 heteroatoms. The number of carbonyl (C=O) groups excluding carboxylic acids is 1. The van der Waals surface area contributed by atoms with Crippen molar-refractivity contribution in [2.75, 3.05) is 13.1 Å². The van der Waals surface area contributed by atoms with Crippen molar-refractivity contribution >= 4 is 26.5 Å². The summed E-state index contributed by atoms with van der Waals surface area (Å²) in [5.41, 5.74) is 0. The highest BCUT2D eigenvalue weighted by molar-refractivity contribution is 14.1. The quantitative estimate of drug-likeness (QED) is 0.368. The van der Waals surface area contributed by atoms with Crippen LogP contribution in [0.25, 0.3) is 0 Å². The number of hydrogen-bond acceptors (Lipinski definition) is 1. The summed E-state index contributed by atoms with van der Waals surface area (Å²) in [6.45, 7) is 4.17. The van der Waals surface area contributed by atoms with Crippen LogP contribution in [0.4, 0.5) is 4.79 Å². The van der Waals surface area contributed by atoms with Gasteiger partial charge in [0.2, 0.25) is 0 Å². The van der Waals surface area contributed by atoms with Gasteiger partial charge in [-0.15, -0.1) is 0 Å². The fourth-order valence-corrected chi connectivity index (χ4v) is 1.67. The third-order valence-electron chi connectivity index (χ3n) is 2.03. The number of amides is 1. The van der Waals surface area contributed by atoms with Crippen LogP contribution in [0.1, 0.15) is 19.8 Å². The lowest BCUT2D eigenvalue weighted by molar-refractivity contribution is 0.200. The summed E-state index contributed by atoms with van der Waals surface area (Å²) in [6, 6.07) is 0. The topological polar surface area (TPSA) is 20.3 Å². The first kappa shape index (κ1) is 8.30. The van der Waals surface area contributed by atoms with E-state index < -0.39 is 0 Å². The lowest BCUT2D eigenvalue weighted by Crippen LogP contribution is -2.34. The lowest BCUT2D eigenvalue weighted by atomic mass is 10.00. The molecule has 0 atom stereocenters. The highest BCUT2D eigenvalue weighted by atomic mass is 127. The van der Waals surface area contributed by atoms with Gasteiger partial charge in [-0.1, -0.05) is 6.92 Å². The molecule has 0 N–H and O–H groups in total. The zero-order valence-corrected chi connectivity index (χ0v) is 8.30. The van der Waals surface area contributed by atoms with E-state index in [1.54, 1.807) is 0 Å². The molecule has 2 nitrogen and oxygen atoms in total. The van der Waals surface area contributed by atoms with E-state index in [0.29, 0.717) is 0 Å². The molecule has 1 heterocycles. The van der Waals surface area contributed by atoms with Crippen LogP contribution in [-0.4, -0.2) is 21.9 Å². The summed E-state index contributed by atoms with van der Waals surface area (Å²) >= 11 is 1.86. The second-order valence-corrected chi connectivity index (χ2v) is 3.85. The maximum atomic E-state index is 10.8. The predicted molar refractivity (Wildman–Crippen MR) is 49.4 cm³/mol. The predicted octanol–water partition coefficient (Wildman–Crippen LogP) is 2.27. The molecule has 1 aliphatic heterocycles. The molecule has 0 aromatic heterocycles. The van der Waals surface area contributed by atoms with E-state index in [9.17, 15) is 4.79 Å². The van der Waals surface area contributed by atoms with E-state index in [2.05, 4.69) is 6.92 Å². The fourth-order valence-electron chi connectivity index (χ4n) is 1.18. The van der Waals surface area contributed by atoms with Crippen molar-refractivity contribution in [2.45, 2.75) is 19.8 Å². The molecule has 0 aromatic rings. The Balaban J connectivity index is 2.33. The van der Waals surface area contributed by atoms with Crippen LogP contribution in [0.5, 0.6) is 0 Å². The molecule has 0 saturated carbocycles. The number of carbonyl (C=O) groups is 1. The van der Waals surface area contributed by atoms with Crippen molar-refractivity contribution in [1.29, 1.82) is 0 Å². The van der Waals surface area contributed by atoms with E-state index in [1.165, 1.54) is 12.8 Å². The van der Waals surface area contributed by atoms with E-state index in [-0.39, 0.29) is 3.91 Å². The van der Waals surface area contributed by atoms with Crippen molar-refractivity contribution in [3.05, 3.63) is 0 Å². The number of nitrogens with zero attached hydrogens (tertiary/aromatic N) is 1. The Morgan fingerprint density at radius 1 is 1.50 bits per heavy atom. The van der Waals surface area contributed by atoms with Crippen LogP contribution in [0.3, 0.4) is 0 Å². The molecule has 0 bridgehead atoms. The monoisotopic (exact) mass is 253 g/mol. The fraction of sp³-hybridized carbons (Fsp3) is 0.857. The minimum Gasteiger partial charge on any atom is -0.334 e. The summed E-state index contributed by atoms with van der Waals surface area (Å²) in [5.74, 6) is 0.812. The molecule has 58 valence electrons. The number of hydrogen-bond donors (Lipinski definition) is 0. The lowest BCUT2D eigenvalue weighted by Gasteiger charge is -2.28. The van der Waals surface area contributed by atoms with Crippen molar-refractivity contribution in [2.24, 2.45) is 5.92 Å². The SMILES string of the molecule is CC1CCN(C(=O)I)CC1. The van der Waals surface area contributed by atoms with Crippen molar-refractivity contribution in [3.8, 4) is 0 Å². The molecular formula is C7H12INO. The van der Waals surface area contributed by atoms with Crippen molar-refractivity contribution in [3.63, 3.8) is 0 Å². The zero-order chi connectivity index (χ0) is 7.56.